The average molecular weight is 392 g/mol. The molecule has 2 unspecified atom stereocenters. The third-order valence-electron chi connectivity index (χ3n) is 4.87. The first-order valence-corrected chi connectivity index (χ1v) is 10.9. The van der Waals surface area contributed by atoms with Gasteiger partial charge in [-0.05, 0) is 18.6 Å². The second-order valence-electron chi connectivity index (χ2n) is 6.84. The molecule has 0 bridgehead atoms. The molecule has 0 amide bonds. The largest absolute Gasteiger partial charge is 0.378 e. The average Bonchev–Trinajstić information content (AvgIpc) is 3.01. The van der Waals surface area contributed by atoms with E-state index in [0.717, 1.165) is 5.69 Å². The molecular formula is C17H24N6O3S. The summed E-state index contributed by atoms with van der Waals surface area (Å²) in [5.74, 6) is 1.20. The van der Waals surface area contributed by atoms with Crippen LogP contribution in [0.4, 0.5) is 5.69 Å². The van der Waals surface area contributed by atoms with E-state index in [9.17, 15) is 8.42 Å². The van der Waals surface area contributed by atoms with Crippen molar-refractivity contribution < 1.29 is 13.2 Å². The summed E-state index contributed by atoms with van der Waals surface area (Å²) in [6.07, 6.45) is 0.0574. The topological polar surface area (TPSA) is 113 Å². The number of hydrogen-bond donors (Lipinski definition) is 2. The smallest absolute Gasteiger partial charge is 0.221 e. The fourth-order valence-corrected chi connectivity index (χ4v) is 5.24. The summed E-state index contributed by atoms with van der Waals surface area (Å²) in [5.41, 5.74) is 6.92. The monoisotopic (exact) mass is 392 g/mol. The molecule has 2 fully saturated rings. The van der Waals surface area contributed by atoms with Gasteiger partial charge in [-0.15, -0.1) is 0 Å². The van der Waals surface area contributed by atoms with Crippen molar-refractivity contribution in [1.82, 2.24) is 10.2 Å². The minimum absolute atomic E-state index is 0.117. The molecule has 0 aromatic heterocycles. The number of nitrogens with two attached hydrogens (primary N) is 1. The van der Waals surface area contributed by atoms with Crippen molar-refractivity contribution in [2.24, 2.45) is 15.7 Å². The van der Waals surface area contributed by atoms with Crippen molar-refractivity contribution in [2.75, 3.05) is 42.7 Å². The molecule has 0 radical (unpaired) electrons. The normalized spacial score (nSPS) is 28.0. The molecule has 3 heterocycles. The summed E-state index contributed by atoms with van der Waals surface area (Å²) >= 11 is 0. The van der Waals surface area contributed by atoms with E-state index in [-0.39, 0.29) is 23.5 Å². The van der Waals surface area contributed by atoms with Crippen LogP contribution in [-0.2, 0) is 14.6 Å². The predicted octanol–water partition coefficient (Wildman–Crippen LogP) is -0.430. The number of ether oxygens (including phenoxy) is 1. The molecule has 0 spiro atoms. The van der Waals surface area contributed by atoms with Gasteiger partial charge < -0.3 is 15.4 Å². The van der Waals surface area contributed by atoms with Gasteiger partial charge >= 0.3 is 0 Å². The van der Waals surface area contributed by atoms with Crippen molar-refractivity contribution in [1.29, 1.82) is 0 Å². The third kappa shape index (κ3) is 4.07. The molecule has 0 aliphatic carbocycles. The highest BCUT2D eigenvalue weighted by Crippen LogP contribution is 2.23. The molecule has 1 aromatic rings. The molecule has 10 heteroatoms. The molecule has 2 saturated heterocycles. The number of benzene rings is 1. The second-order valence-corrected chi connectivity index (χ2v) is 9.07. The Bertz CT molecular complexity index is 835. The Morgan fingerprint density at radius 3 is 2.59 bits per heavy atom. The molecule has 1 aromatic carbocycles. The van der Waals surface area contributed by atoms with E-state index in [2.05, 4.69) is 20.2 Å². The molecule has 2 atom stereocenters. The Balaban J connectivity index is 1.65. The summed E-state index contributed by atoms with van der Waals surface area (Å²) < 4.78 is 29.2. The Hall–Kier alpha value is -2.17. The molecule has 3 aliphatic rings. The minimum atomic E-state index is -2.99. The Kier molecular flexibility index (Phi) is 5.02. The number of anilines is 1. The zero-order valence-electron chi connectivity index (χ0n) is 15.0. The summed E-state index contributed by atoms with van der Waals surface area (Å²) in [5, 5.41) is 3.36. The molecular weight excluding hydrogens is 368 g/mol. The summed E-state index contributed by atoms with van der Waals surface area (Å²) in [7, 11) is -2.99. The van der Waals surface area contributed by atoms with E-state index in [1.54, 1.807) is 0 Å². The van der Waals surface area contributed by atoms with Crippen LogP contribution < -0.4 is 16.0 Å². The van der Waals surface area contributed by atoms with E-state index in [0.29, 0.717) is 38.7 Å². The van der Waals surface area contributed by atoms with Crippen molar-refractivity contribution in [3.05, 3.63) is 30.3 Å². The van der Waals surface area contributed by atoms with Crippen LogP contribution in [0.3, 0.4) is 0 Å². The summed E-state index contributed by atoms with van der Waals surface area (Å²) in [4.78, 5) is 13.1. The van der Waals surface area contributed by atoms with Gasteiger partial charge in [0.2, 0.25) is 11.9 Å². The first kappa shape index (κ1) is 18.2. The Morgan fingerprint density at radius 2 is 1.93 bits per heavy atom. The van der Waals surface area contributed by atoms with Crippen LogP contribution in [0.25, 0.3) is 0 Å². The van der Waals surface area contributed by atoms with Gasteiger partial charge in [-0.25, -0.2) is 13.4 Å². The first-order chi connectivity index (χ1) is 13.0. The van der Waals surface area contributed by atoms with E-state index in [4.69, 9.17) is 10.5 Å². The molecule has 3 N–H and O–H groups in total. The number of aliphatic imine (C=N–C) groups is 2. The SMILES string of the molecule is NC1=NC(NC2CCS(=O)(=O)C2)N(c2ccccc2)C(N2CCOCC2)=N1. The van der Waals surface area contributed by atoms with Gasteiger partial charge in [0.25, 0.3) is 0 Å². The lowest BCUT2D eigenvalue weighted by atomic mass is 10.2. The zero-order chi connectivity index (χ0) is 18.9. The lowest BCUT2D eigenvalue weighted by molar-refractivity contribution is 0.0669. The van der Waals surface area contributed by atoms with Crippen molar-refractivity contribution >= 4 is 27.4 Å². The standard InChI is InChI=1S/C17H24N6O3S/c18-15-20-16(19-13-6-11-27(24,25)12-13)23(14-4-2-1-3-5-14)17(21-15)22-7-9-26-10-8-22/h1-5,13,16,19H,6-12H2,(H2,18,20). The molecule has 146 valence electrons. The molecule has 27 heavy (non-hydrogen) atoms. The van der Waals surface area contributed by atoms with Crippen LogP contribution in [0.2, 0.25) is 0 Å². The number of nitrogens with one attached hydrogen (secondary N) is 1. The number of morpholine rings is 1. The fourth-order valence-electron chi connectivity index (χ4n) is 3.56. The predicted molar refractivity (Wildman–Crippen MR) is 104 cm³/mol. The third-order valence-corrected chi connectivity index (χ3v) is 6.64. The van der Waals surface area contributed by atoms with Gasteiger partial charge in [0.1, 0.15) is 0 Å². The van der Waals surface area contributed by atoms with E-state index < -0.39 is 16.1 Å². The molecule has 9 nitrogen and oxygen atoms in total. The van der Waals surface area contributed by atoms with Gasteiger partial charge in [0, 0.05) is 24.8 Å². The highest BCUT2D eigenvalue weighted by atomic mass is 32.2. The van der Waals surface area contributed by atoms with Gasteiger partial charge in [0.05, 0.1) is 24.7 Å². The summed E-state index contributed by atoms with van der Waals surface area (Å²) in [6, 6.07) is 9.64. The number of hydrogen-bond acceptors (Lipinski definition) is 9. The highest BCUT2D eigenvalue weighted by molar-refractivity contribution is 7.91. The van der Waals surface area contributed by atoms with Gasteiger partial charge in [-0.2, -0.15) is 4.99 Å². The van der Waals surface area contributed by atoms with Gasteiger partial charge in [-0.1, -0.05) is 18.2 Å². The minimum Gasteiger partial charge on any atom is -0.378 e. The van der Waals surface area contributed by atoms with E-state index in [1.807, 2.05) is 35.2 Å². The number of nitrogens with zero attached hydrogens (tertiary/aromatic N) is 4. The Morgan fingerprint density at radius 1 is 1.19 bits per heavy atom. The fraction of sp³-hybridized carbons (Fsp3) is 0.529. The second kappa shape index (κ2) is 7.45. The van der Waals surface area contributed by atoms with Crippen molar-refractivity contribution in [3.8, 4) is 0 Å². The Labute approximate surface area is 158 Å². The number of guanidine groups is 2. The van der Waals surface area contributed by atoms with Crippen LogP contribution in [0.1, 0.15) is 6.42 Å². The highest BCUT2D eigenvalue weighted by Gasteiger charge is 2.36. The first-order valence-electron chi connectivity index (χ1n) is 9.07. The molecule has 4 rings (SSSR count). The van der Waals surface area contributed by atoms with Crippen LogP contribution in [0.15, 0.2) is 40.3 Å². The van der Waals surface area contributed by atoms with E-state index in [1.165, 1.54) is 0 Å². The van der Waals surface area contributed by atoms with Gasteiger partial charge in [-0.3, -0.25) is 10.2 Å². The quantitative estimate of drug-likeness (QED) is 0.718. The lowest BCUT2D eigenvalue weighted by Gasteiger charge is -2.41. The van der Waals surface area contributed by atoms with Crippen LogP contribution in [0.5, 0.6) is 0 Å². The van der Waals surface area contributed by atoms with Crippen molar-refractivity contribution in [2.45, 2.75) is 18.8 Å². The summed E-state index contributed by atoms with van der Waals surface area (Å²) in [6.45, 7) is 2.66. The maximum Gasteiger partial charge on any atom is 0.221 e. The van der Waals surface area contributed by atoms with Crippen LogP contribution in [0, 0.1) is 0 Å². The van der Waals surface area contributed by atoms with E-state index >= 15 is 0 Å². The maximum absolute atomic E-state index is 11.9. The molecule has 0 saturated carbocycles. The number of para-hydroxylation sites is 1. The van der Waals surface area contributed by atoms with Crippen molar-refractivity contribution in [3.63, 3.8) is 0 Å². The van der Waals surface area contributed by atoms with Gasteiger partial charge in [0.15, 0.2) is 16.1 Å². The van der Waals surface area contributed by atoms with Crippen LogP contribution in [-0.4, -0.2) is 75.4 Å². The number of rotatable bonds is 3. The lowest BCUT2D eigenvalue weighted by Crippen LogP contribution is -2.60. The zero-order valence-corrected chi connectivity index (χ0v) is 15.8. The number of sulfone groups is 1. The molecule has 3 aliphatic heterocycles. The van der Waals surface area contributed by atoms with Crippen LogP contribution >= 0.6 is 0 Å². The maximum atomic E-state index is 11.9.